The van der Waals surface area contributed by atoms with Crippen molar-refractivity contribution in [2.24, 2.45) is 11.8 Å². The molecule has 5 atom stereocenters. The zero-order chi connectivity index (χ0) is 26.3. The van der Waals surface area contributed by atoms with Gasteiger partial charge in [-0.15, -0.1) is 16.9 Å². The van der Waals surface area contributed by atoms with Gasteiger partial charge in [-0.05, 0) is 49.9 Å². The van der Waals surface area contributed by atoms with Crippen molar-refractivity contribution in [1.29, 1.82) is 0 Å². The minimum absolute atomic E-state index is 0.0122. The van der Waals surface area contributed by atoms with Crippen molar-refractivity contribution in [1.82, 2.24) is 25.2 Å². The van der Waals surface area contributed by atoms with E-state index in [0.29, 0.717) is 31.5 Å². The number of hydrogen-bond donors (Lipinski definition) is 3. The van der Waals surface area contributed by atoms with Crippen LogP contribution < -0.4 is 10.6 Å². The van der Waals surface area contributed by atoms with E-state index in [1.165, 1.54) is 0 Å². The molecule has 1 spiro atoms. The summed E-state index contributed by atoms with van der Waals surface area (Å²) >= 11 is 1.64. The number of aromatic nitrogens is 3. The molecule has 2 bridgehead atoms. The second-order valence-corrected chi connectivity index (χ2v) is 11.8. The number of aliphatic hydroxyl groups is 1. The van der Waals surface area contributed by atoms with E-state index in [-0.39, 0.29) is 36.2 Å². The number of amides is 3. The first-order valence-corrected chi connectivity index (χ1v) is 13.9. The van der Waals surface area contributed by atoms with Crippen molar-refractivity contribution in [3.05, 3.63) is 54.6 Å². The Morgan fingerprint density at radius 1 is 1.08 bits per heavy atom. The van der Waals surface area contributed by atoms with Crippen molar-refractivity contribution < 1.29 is 19.5 Å². The molecule has 10 nitrogen and oxygen atoms in total. The van der Waals surface area contributed by atoms with E-state index in [2.05, 4.69) is 20.9 Å². The summed E-state index contributed by atoms with van der Waals surface area (Å²) < 4.78 is 0.971. The van der Waals surface area contributed by atoms with Crippen molar-refractivity contribution >= 4 is 46.2 Å². The molecule has 3 aliphatic rings. The SMILES string of the molecule is O=C(NCn1nnc2ccccc21)C1N(CCCCO)C(=O)[C@@H]2[C@@H](C(=O)Nc3ccccc3)[C@H]3CCC12S3. The third-order valence-electron chi connectivity index (χ3n) is 8.02. The van der Waals surface area contributed by atoms with Crippen molar-refractivity contribution in [2.75, 3.05) is 18.5 Å². The standard InChI is InChI=1S/C27H30N6O4S/c34-15-7-6-14-32-23(25(36)28-16-33-19-11-5-4-10-18(19)30-31-33)27-13-12-20(38-27)21(22(27)26(32)37)24(35)29-17-8-2-1-3-9-17/h1-5,8-11,20-23,34H,6-7,12-16H2,(H,28,36)(H,29,35)/t20-,21+,22+,23?,27?/m1/s1. The lowest BCUT2D eigenvalue weighted by atomic mass is 9.70. The zero-order valence-corrected chi connectivity index (χ0v) is 21.6. The molecule has 6 rings (SSSR count). The number of hydrogen-bond acceptors (Lipinski definition) is 7. The molecule has 3 N–H and O–H groups in total. The normalized spacial score (nSPS) is 27.6. The number of carbonyl (C=O) groups is 3. The summed E-state index contributed by atoms with van der Waals surface area (Å²) in [7, 11) is 0. The van der Waals surface area contributed by atoms with Crippen molar-refractivity contribution in [3.63, 3.8) is 0 Å². The fourth-order valence-corrected chi connectivity index (χ4v) is 8.64. The number of likely N-dealkylation sites (tertiary alicyclic amines) is 1. The van der Waals surface area contributed by atoms with Crippen LogP contribution in [-0.2, 0) is 21.1 Å². The van der Waals surface area contributed by atoms with Gasteiger partial charge in [-0.3, -0.25) is 14.4 Å². The molecule has 3 saturated heterocycles. The highest BCUT2D eigenvalue weighted by molar-refractivity contribution is 8.02. The molecule has 3 fully saturated rings. The zero-order valence-electron chi connectivity index (χ0n) is 20.8. The van der Waals surface area contributed by atoms with Gasteiger partial charge >= 0.3 is 0 Å². The van der Waals surface area contributed by atoms with Crippen LogP contribution in [0.15, 0.2) is 54.6 Å². The Kier molecular flexibility index (Phi) is 6.56. The minimum atomic E-state index is -0.696. The van der Waals surface area contributed by atoms with Crippen LogP contribution in [0, 0.1) is 11.8 Å². The third-order valence-corrected chi connectivity index (χ3v) is 9.97. The second kappa shape index (κ2) is 10.0. The number of para-hydroxylation sites is 2. The average Bonchev–Trinajstić information content (AvgIpc) is 3.68. The maximum Gasteiger partial charge on any atom is 0.245 e. The lowest BCUT2D eigenvalue weighted by Gasteiger charge is -2.34. The third kappa shape index (κ3) is 4.04. The molecule has 3 aromatic rings. The molecule has 198 valence electrons. The molecule has 2 aromatic carbocycles. The molecule has 4 heterocycles. The smallest absolute Gasteiger partial charge is 0.245 e. The van der Waals surface area contributed by atoms with Crippen LogP contribution >= 0.6 is 11.8 Å². The second-order valence-electron chi connectivity index (χ2n) is 10.2. The van der Waals surface area contributed by atoms with Crippen LogP contribution in [0.3, 0.4) is 0 Å². The monoisotopic (exact) mass is 534 g/mol. The van der Waals surface area contributed by atoms with Crippen LogP contribution in [0.25, 0.3) is 11.0 Å². The van der Waals surface area contributed by atoms with E-state index in [1.807, 2.05) is 54.6 Å². The van der Waals surface area contributed by atoms with Crippen LogP contribution in [0.1, 0.15) is 25.7 Å². The van der Waals surface area contributed by atoms with E-state index < -0.39 is 22.6 Å². The number of aliphatic hydroxyl groups excluding tert-OH is 1. The summed E-state index contributed by atoms with van der Waals surface area (Å²) in [5.74, 6) is -1.62. The molecule has 38 heavy (non-hydrogen) atoms. The predicted molar refractivity (Wildman–Crippen MR) is 143 cm³/mol. The Bertz CT molecular complexity index is 1370. The molecule has 3 aliphatic heterocycles. The van der Waals surface area contributed by atoms with Crippen molar-refractivity contribution in [3.8, 4) is 0 Å². The number of unbranched alkanes of at least 4 members (excludes halogenated alkanes) is 1. The van der Waals surface area contributed by atoms with E-state index >= 15 is 0 Å². The van der Waals surface area contributed by atoms with Gasteiger partial charge in [-0.1, -0.05) is 35.5 Å². The van der Waals surface area contributed by atoms with Gasteiger partial charge in [0.2, 0.25) is 17.7 Å². The lowest BCUT2D eigenvalue weighted by molar-refractivity contribution is -0.139. The first-order chi connectivity index (χ1) is 18.5. The number of rotatable bonds is 9. The van der Waals surface area contributed by atoms with Crippen molar-refractivity contribution in [2.45, 2.75) is 48.4 Å². The van der Waals surface area contributed by atoms with Gasteiger partial charge in [-0.2, -0.15) is 0 Å². The number of nitrogens with zero attached hydrogens (tertiary/aromatic N) is 4. The summed E-state index contributed by atoms with van der Waals surface area (Å²) in [6.07, 6.45) is 2.60. The summed E-state index contributed by atoms with van der Waals surface area (Å²) in [4.78, 5) is 42.9. The van der Waals surface area contributed by atoms with E-state index in [0.717, 1.165) is 17.5 Å². The highest BCUT2D eigenvalue weighted by atomic mass is 32.2. The summed E-state index contributed by atoms with van der Waals surface area (Å²) in [6, 6.07) is 16.1. The number of nitrogens with one attached hydrogen (secondary N) is 2. The number of anilines is 1. The molecule has 11 heteroatoms. The molecule has 1 aromatic heterocycles. The molecular formula is C27H30N6O4S. The van der Waals surface area contributed by atoms with Crippen LogP contribution in [-0.4, -0.2) is 71.9 Å². The lowest BCUT2D eigenvalue weighted by Crippen LogP contribution is -2.53. The molecule has 0 radical (unpaired) electrons. The molecule has 3 amide bonds. The fraction of sp³-hybridized carbons (Fsp3) is 0.444. The predicted octanol–water partition coefficient (Wildman–Crippen LogP) is 2.01. The van der Waals surface area contributed by atoms with Gasteiger partial charge in [0.25, 0.3) is 0 Å². The minimum Gasteiger partial charge on any atom is -0.396 e. The molecule has 0 aliphatic carbocycles. The Hall–Kier alpha value is -3.44. The highest BCUT2D eigenvalue weighted by Crippen LogP contribution is 2.66. The summed E-state index contributed by atoms with van der Waals surface area (Å²) in [5, 5.41) is 23.6. The first-order valence-electron chi connectivity index (χ1n) is 13.0. The average molecular weight is 535 g/mol. The quantitative estimate of drug-likeness (QED) is 0.358. The maximum atomic E-state index is 13.9. The van der Waals surface area contributed by atoms with E-state index in [4.69, 9.17) is 0 Å². The van der Waals surface area contributed by atoms with Crippen LogP contribution in [0.2, 0.25) is 0 Å². The van der Waals surface area contributed by atoms with Gasteiger partial charge in [0.05, 0.1) is 22.1 Å². The summed E-state index contributed by atoms with van der Waals surface area (Å²) in [5.41, 5.74) is 2.23. The van der Waals surface area contributed by atoms with Gasteiger partial charge in [0.1, 0.15) is 18.2 Å². The Balaban J connectivity index is 1.27. The van der Waals surface area contributed by atoms with E-state index in [9.17, 15) is 19.5 Å². The maximum absolute atomic E-state index is 13.9. The largest absolute Gasteiger partial charge is 0.396 e. The fourth-order valence-electron chi connectivity index (χ4n) is 6.42. The van der Waals surface area contributed by atoms with Crippen LogP contribution in [0.4, 0.5) is 5.69 Å². The Labute approximate surface area is 224 Å². The van der Waals surface area contributed by atoms with Gasteiger partial charge in [0.15, 0.2) is 0 Å². The number of fused-ring (bicyclic) bond motifs is 2. The highest BCUT2D eigenvalue weighted by Gasteiger charge is 2.73. The topological polar surface area (TPSA) is 129 Å². The Morgan fingerprint density at radius 2 is 1.87 bits per heavy atom. The van der Waals surface area contributed by atoms with Gasteiger partial charge < -0.3 is 20.6 Å². The number of carbonyl (C=O) groups excluding carboxylic acids is 3. The number of benzene rings is 2. The van der Waals surface area contributed by atoms with E-state index in [1.54, 1.807) is 21.3 Å². The molecular weight excluding hydrogens is 504 g/mol. The summed E-state index contributed by atoms with van der Waals surface area (Å²) in [6.45, 7) is 0.507. The molecule has 0 saturated carbocycles. The first kappa shape index (κ1) is 24.9. The van der Waals surface area contributed by atoms with Gasteiger partial charge in [-0.25, -0.2) is 4.68 Å². The number of thioether (sulfide) groups is 1. The van der Waals surface area contributed by atoms with Crippen LogP contribution in [0.5, 0.6) is 0 Å². The molecule has 2 unspecified atom stereocenters. The van der Waals surface area contributed by atoms with Gasteiger partial charge in [0, 0.05) is 24.1 Å². The Morgan fingerprint density at radius 3 is 2.68 bits per heavy atom.